The fraction of sp³-hybridized carbons (Fsp3) is 0.188. The fourth-order valence-electron chi connectivity index (χ4n) is 4.96. The van der Waals surface area contributed by atoms with E-state index in [0.717, 1.165) is 35.4 Å². The largest absolute Gasteiger partial charge is 0.295 e. The SMILES string of the molecule is CCC(C)(CC)c1ccc(N=Nc2ccc(N=Nc3ccc4cc(S(=O)(=O)O)cc(S(=O)(=O)O)c4c3)c3ccccc23)cc1. The molecule has 5 rings (SSSR count). The first-order valence-electron chi connectivity index (χ1n) is 13.8. The smallest absolute Gasteiger partial charge is 0.282 e. The van der Waals surface area contributed by atoms with Gasteiger partial charge in [0.25, 0.3) is 20.2 Å². The maximum absolute atomic E-state index is 12.0. The van der Waals surface area contributed by atoms with Gasteiger partial charge in [-0.3, -0.25) is 9.11 Å². The fourth-order valence-corrected chi connectivity index (χ4v) is 6.31. The van der Waals surface area contributed by atoms with Crippen LogP contribution in [0.4, 0.5) is 22.7 Å². The van der Waals surface area contributed by atoms with Crippen LogP contribution in [0.2, 0.25) is 0 Å². The lowest BCUT2D eigenvalue weighted by molar-refractivity contribution is 0.439. The molecule has 10 nitrogen and oxygen atoms in total. The lowest BCUT2D eigenvalue weighted by Gasteiger charge is -2.27. The van der Waals surface area contributed by atoms with Crippen molar-refractivity contribution in [3.63, 3.8) is 0 Å². The molecule has 0 amide bonds. The molecular weight excluding hydrogens is 601 g/mol. The van der Waals surface area contributed by atoms with E-state index in [1.54, 1.807) is 12.1 Å². The van der Waals surface area contributed by atoms with Gasteiger partial charge in [-0.25, -0.2) is 0 Å². The molecule has 5 aromatic rings. The molecule has 0 saturated carbocycles. The Morgan fingerprint density at radius 1 is 0.614 bits per heavy atom. The highest BCUT2D eigenvalue weighted by atomic mass is 32.2. The molecule has 0 fully saturated rings. The molecular formula is C32H30N4O6S2. The molecule has 5 aromatic carbocycles. The Kier molecular flexibility index (Phi) is 8.45. The van der Waals surface area contributed by atoms with Crippen LogP contribution in [0.15, 0.2) is 121 Å². The van der Waals surface area contributed by atoms with Crippen LogP contribution in [-0.4, -0.2) is 25.9 Å². The van der Waals surface area contributed by atoms with Crippen LogP contribution in [0.25, 0.3) is 21.5 Å². The van der Waals surface area contributed by atoms with Gasteiger partial charge in [0.15, 0.2) is 0 Å². The summed E-state index contributed by atoms with van der Waals surface area (Å²) < 4.78 is 66.4. The van der Waals surface area contributed by atoms with Crippen molar-refractivity contribution < 1.29 is 25.9 Å². The zero-order valence-electron chi connectivity index (χ0n) is 24.2. The van der Waals surface area contributed by atoms with E-state index in [2.05, 4.69) is 53.4 Å². The third-order valence-corrected chi connectivity index (χ3v) is 9.72. The van der Waals surface area contributed by atoms with Crippen molar-refractivity contribution in [1.29, 1.82) is 0 Å². The van der Waals surface area contributed by atoms with E-state index in [9.17, 15) is 25.9 Å². The summed E-state index contributed by atoms with van der Waals surface area (Å²) in [6.07, 6.45) is 2.09. The summed E-state index contributed by atoms with van der Waals surface area (Å²) in [5.41, 5.74) is 3.55. The normalized spacial score (nSPS) is 13.0. The first-order valence-corrected chi connectivity index (χ1v) is 16.7. The van der Waals surface area contributed by atoms with E-state index in [4.69, 9.17) is 0 Å². The predicted octanol–water partition coefficient (Wildman–Crippen LogP) is 9.39. The minimum Gasteiger partial charge on any atom is -0.282 e. The number of hydrogen-bond acceptors (Lipinski definition) is 8. The monoisotopic (exact) mass is 630 g/mol. The standard InChI is InChI=1S/C32H30N4O6S2/c1-4-32(3,5-2)22-11-14-23(15-12-22)33-35-29-16-17-30(27-9-7-6-8-26(27)29)36-34-24-13-10-21-18-25(43(37,38)39)20-31(28(21)19-24)44(40,41)42/h6-20H,4-5H2,1-3H3,(H,37,38,39)(H,40,41,42). The molecule has 44 heavy (non-hydrogen) atoms. The van der Waals surface area contributed by atoms with Gasteiger partial charge < -0.3 is 0 Å². The molecule has 2 N–H and O–H groups in total. The molecule has 0 unspecified atom stereocenters. The van der Waals surface area contributed by atoms with Crippen LogP contribution in [0.3, 0.4) is 0 Å². The quantitative estimate of drug-likeness (QED) is 0.122. The second-order valence-electron chi connectivity index (χ2n) is 10.6. The van der Waals surface area contributed by atoms with E-state index in [1.807, 2.05) is 36.4 Å². The minimum absolute atomic E-state index is 0.0130. The summed E-state index contributed by atoms with van der Waals surface area (Å²) in [4.78, 5) is -1.34. The van der Waals surface area contributed by atoms with Crippen molar-refractivity contribution in [2.24, 2.45) is 20.5 Å². The van der Waals surface area contributed by atoms with Gasteiger partial charge in [0, 0.05) is 16.2 Å². The molecule has 0 heterocycles. The van der Waals surface area contributed by atoms with Crippen LogP contribution >= 0.6 is 0 Å². The predicted molar refractivity (Wildman–Crippen MR) is 170 cm³/mol. The summed E-state index contributed by atoms with van der Waals surface area (Å²) in [5.74, 6) is 0. The number of benzene rings is 5. The van der Waals surface area contributed by atoms with E-state index in [1.165, 1.54) is 23.8 Å². The van der Waals surface area contributed by atoms with Crippen molar-refractivity contribution >= 4 is 64.5 Å². The van der Waals surface area contributed by atoms with E-state index in [0.29, 0.717) is 17.4 Å². The molecule has 0 atom stereocenters. The summed E-state index contributed by atoms with van der Waals surface area (Å²) >= 11 is 0. The van der Waals surface area contributed by atoms with Gasteiger partial charge in [-0.2, -0.15) is 27.1 Å². The van der Waals surface area contributed by atoms with Gasteiger partial charge in [0.1, 0.15) is 4.90 Å². The summed E-state index contributed by atoms with van der Waals surface area (Å²) in [6.45, 7) is 6.64. The molecule has 0 aliphatic heterocycles. The number of azo groups is 2. The first kappa shape index (κ1) is 31.1. The van der Waals surface area contributed by atoms with Crippen LogP contribution in [-0.2, 0) is 25.7 Å². The molecule has 0 aliphatic rings. The van der Waals surface area contributed by atoms with Crippen LogP contribution in [0.1, 0.15) is 39.2 Å². The number of rotatable bonds is 9. The third kappa shape index (κ3) is 6.43. The maximum Gasteiger partial charge on any atom is 0.295 e. The maximum atomic E-state index is 12.0. The van der Waals surface area contributed by atoms with E-state index in [-0.39, 0.29) is 21.9 Å². The minimum atomic E-state index is -4.83. The molecule has 226 valence electrons. The molecule has 0 saturated heterocycles. The van der Waals surface area contributed by atoms with Crippen LogP contribution < -0.4 is 0 Å². The molecule has 0 aromatic heterocycles. The zero-order valence-corrected chi connectivity index (χ0v) is 25.8. The van der Waals surface area contributed by atoms with Gasteiger partial charge in [0.2, 0.25) is 0 Å². The van der Waals surface area contributed by atoms with Crippen molar-refractivity contribution in [3.05, 3.63) is 96.6 Å². The number of fused-ring (bicyclic) bond motifs is 2. The Morgan fingerprint density at radius 2 is 1.16 bits per heavy atom. The lowest BCUT2D eigenvalue weighted by Crippen LogP contribution is -2.19. The van der Waals surface area contributed by atoms with Gasteiger partial charge in [-0.1, -0.05) is 63.2 Å². The van der Waals surface area contributed by atoms with Crippen molar-refractivity contribution in [1.82, 2.24) is 0 Å². The Bertz CT molecular complexity index is 2160. The zero-order chi connectivity index (χ0) is 31.7. The molecule has 12 heteroatoms. The molecule has 0 spiro atoms. The lowest BCUT2D eigenvalue weighted by atomic mass is 9.78. The van der Waals surface area contributed by atoms with Gasteiger partial charge in [-0.15, -0.1) is 10.2 Å². The van der Waals surface area contributed by atoms with Crippen molar-refractivity contribution in [2.75, 3.05) is 0 Å². The Balaban J connectivity index is 1.48. The van der Waals surface area contributed by atoms with Crippen molar-refractivity contribution in [2.45, 2.75) is 48.8 Å². The first-order chi connectivity index (χ1) is 20.8. The van der Waals surface area contributed by atoms with Gasteiger partial charge in [-0.05, 0) is 77.7 Å². The van der Waals surface area contributed by atoms with Crippen LogP contribution in [0.5, 0.6) is 0 Å². The second kappa shape index (κ2) is 12.0. The summed E-state index contributed by atoms with van der Waals surface area (Å²) in [5, 5.41) is 19.3. The topological polar surface area (TPSA) is 158 Å². The highest BCUT2D eigenvalue weighted by molar-refractivity contribution is 7.86. The number of hydrogen-bond donors (Lipinski definition) is 2. The highest BCUT2D eigenvalue weighted by Crippen LogP contribution is 2.37. The molecule has 0 aliphatic carbocycles. The average Bonchev–Trinajstić information content (AvgIpc) is 3.01. The third-order valence-electron chi connectivity index (χ3n) is 8.00. The molecule has 0 radical (unpaired) electrons. The molecule has 0 bridgehead atoms. The Labute approximate surface area is 255 Å². The number of nitrogens with zero attached hydrogens (tertiary/aromatic N) is 4. The Morgan fingerprint density at radius 3 is 1.68 bits per heavy atom. The van der Waals surface area contributed by atoms with Crippen molar-refractivity contribution in [3.8, 4) is 0 Å². The second-order valence-corrected chi connectivity index (χ2v) is 13.5. The summed E-state index contributed by atoms with van der Waals surface area (Å²) in [6, 6.07) is 25.3. The highest BCUT2D eigenvalue weighted by Gasteiger charge is 2.22. The van der Waals surface area contributed by atoms with Crippen LogP contribution in [0, 0.1) is 0 Å². The van der Waals surface area contributed by atoms with E-state index < -0.39 is 30.0 Å². The van der Waals surface area contributed by atoms with E-state index >= 15 is 0 Å². The van der Waals surface area contributed by atoms with Gasteiger partial charge in [0.05, 0.1) is 27.6 Å². The summed E-state index contributed by atoms with van der Waals surface area (Å²) in [7, 11) is -9.55. The Hall–Kier alpha value is -4.36. The average molecular weight is 631 g/mol. The van der Waals surface area contributed by atoms with Gasteiger partial charge >= 0.3 is 0 Å².